The van der Waals surface area contributed by atoms with Crippen molar-refractivity contribution in [1.29, 1.82) is 0 Å². The monoisotopic (exact) mass is 268 g/mol. The van der Waals surface area contributed by atoms with E-state index in [1.807, 2.05) is 0 Å². The number of nitrogens with one attached hydrogen (secondary N) is 1. The van der Waals surface area contributed by atoms with Crippen LogP contribution >= 0.6 is 0 Å². The Bertz CT molecular complexity index is 247. The lowest BCUT2D eigenvalue weighted by atomic mass is 9.84. The molecule has 0 saturated heterocycles. The first-order valence-corrected chi connectivity index (χ1v) is 8.30. The molecule has 2 rings (SSSR count). The Balaban J connectivity index is 1.64. The molecule has 1 unspecified atom stereocenters. The zero-order valence-corrected chi connectivity index (χ0v) is 12.8. The highest BCUT2D eigenvalue weighted by Gasteiger charge is 2.26. The first kappa shape index (κ1) is 15.3. The molecule has 2 aliphatic rings. The van der Waals surface area contributed by atoms with Crippen LogP contribution in [0.5, 0.6) is 0 Å². The van der Waals surface area contributed by atoms with Crippen molar-refractivity contribution in [3.8, 4) is 0 Å². The second-order valence-corrected chi connectivity index (χ2v) is 6.67. The van der Waals surface area contributed by atoms with Gasteiger partial charge in [-0.2, -0.15) is 0 Å². The van der Waals surface area contributed by atoms with E-state index in [9.17, 15) is 5.11 Å². The fourth-order valence-corrected chi connectivity index (χ4v) is 3.35. The minimum atomic E-state index is 0.285. The van der Waals surface area contributed by atoms with Crippen LogP contribution in [-0.4, -0.2) is 48.3 Å². The lowest BCUT2D eigenvalue weighted by molar-refractivity contribution is 0.148. The van der Waals surface area contributed by atoms with E-state index >= 15 is 0 Å². The van der Waals surface area contributed by atoms with Crippen molar-refractivity contribution >= 4 is 0 Å². The molecule has 0 heterocycles. The predicted molar refractivity (Wildman–Crippen MR) is 80.3 cm³/mol. The van der Waals surface area contributed by atoms with Gasteiger partial charge in [0.1, 0.15) is 0 Å². The van der Waals surface area contributed by atoms with Crippen LogP contribution in [0.4, 0.5) is 0 Å². The third kappa shape index (κ3) is 5.05. The van der Waals surface area contributed by atoms with Gasteiger partial charge in [0.2, 0.25) is 0 Å². The molecule has 2 aliphatic carbocycles. The van der Waals surface area contributed by atoms with Crippen LogP contribution in [0.3, 0.4) is 0 Å². The molecular formula is C16H32N2O. The van der Waals surface area contributed by atoms with Gasteiger partial charge in [0.15, 0.2) is 0 Å². The van der Waals surface area contributed by atoms with E-state index in [1.54, 1.807) is 0 Å². The molecular weight excluding hydrogens is 236 g/mol. The van der Waals surface area contributed by atoms with E-state index in [4.69, 9.17) is 0 Å². The van der Waals surface area contributed by atoms with Crippen LogP contribution < -0.4 is 5.32 Å². The molecule has 19 heavy (non-hydrogen) atoms. The summed E-state index contributed by atoms with van der Waals surface area (Å²) in [7, 11) is 2.27. The molecule has 0 aromatic carbocycles. The standard InChI is InChI=1S/C16H32N2O/c1-3-13-4-8-16(9-5-13)18(2)11-10-15(12-19)17-14-6-7-14/h13-17,19H,3-12H2,1-2H3. The van der Waals surface area contributed by atoms with Crippen molar-refractivity contribution < 1.29 is 5.11 Å². The molecule has 2 fully saturated rings. The number of rotatable bonds is 8. The van der Waals surface area contributed by atoms with Crippen LogP contribution in [0.2, 0.25) is 0 Å². The van der Waals surface area contributed by atoms with Gasteiger partial charge < -0.3 is 15.3 Å². The van der Waals surface area contributed by atoms with E-state index in [-0.39, 0.29) is 6.61 Å². The summed E-state index contributed by atoms with van der Waals surface area (Å²) >= 11 is 0. The van der Waals surface area contributed by atoms with Gasteiger partial charge in [0.05, 0.1) is 6.61 Å². The zero-order valence-electron chi connectivity index (χ0n) is 12.8. The normalized spacial score (nSPS) is 29.7. The predicted octanol–water partition coefficient (Wildman–Crippen LogP) is 2.39. The Labute approximate surface area is 118 Å². The maximum Gasteiger partial charge on any atom is 0.0585 e. The van der Waals surface area contributed by atoms with Crippen LogP contribution in [0.15, 0.2) is 0 Å². The highest BCUT2D eigenvalue weighted by molar-refractivity contribution is 4.85. The lowest BCUT2D eigenvalue weighted by Gasteiger charge is -2.35. The summed E-state index contributed by atoms with van der Waals surface area (Å²) in [5, 5.41) is 12.9. The first-order chi connectivity index (χ1) is 9.22. The molecule has 3 nitrogen and oxygen atoms in total. The van der Waals surface area contributed by atoms with E-state index in [0.29, 0.717) is 12.1 Å². The first-order valence-electron chi connectivity index (χ1n) is 8.30. The minimum Gasteiger partial charge on any atom is -0.395 e. The molecule has 0 bridgehead atoms. The molecule has 0 aromatic rings. The van der Waals surface area contributed by atoms with E-state index in [1.165, 1.54) is 44.9 Å². The minimum absolute atomic E-state index is 0.285. The van der Waals surface area contributed by atoms with Crippen molar-refractivity contribution in [3.05, 3.63) is 0 Å². The molecule has 0 aliphatic heterocycles. The Morgan fingerprint density at radius 2 is 1.84 bits per heavy atom. The fourth-order valence-electron chi connectivity index (χ4n) is 3.35. The quantitative estimate of drug-likeness (QED) is 0.709. The van der Waals surface area contributed by atoms with Crippen molar-refractivity contribution in [2.75, 3.05) is 20.2 Å². The average molecular weight is 268 g/mol. The molecule has 0 radical (unpaired) electrons. The van der Waals surface area contributed by atoms with Gasteiger partial charge >= 0.3 is 0 Å². The highest BCUT2D eigenvalue weighted by Crippen LogP contribution is 2.29. The third-order valence-corrected chi connectivity index (χ3v) is 5.12. The van der Waals surface area contributed by atoms with E-state index in [0.717, 1.165) is 24.9 Å². The summed E-state index contributed by atoms with van der Waals surface area (Å²) in [6, 6.07) is 1.78. The van der Waals surface area contributed by atoms with E-state index < -0.39 is 0 Å². The third-order valence-electron chi connectivity index (χ3n) is 5.12. The van der Waals surface area contributed by atoms with Gasteiger partial charge in [-0.15, -0.1) is 0 Å². The van der Waals surface area contributed by atoms with Crippen molar-refractivity contribution in [3.63, 3.8) is 0 Å². The Hall–Kier alpha value is -0.120. The lowest BCUT2D eigenvalue weighted by Crippen LogP contribution is -2.41. The Morgan fingerprint density at radius 3 is 2.37 bits per heavy atom. The molecule has 0 spiro atoms. The van der Waals surface area contributed by atoms with Crippen molar-refractivity contribution in [2.24, 2.45) is 5.92 Å². The SMILES string of the molecule is CCC1CCC(N(C)CCC(CO)NC2CC2)CC1. The maximum absolute atomic E-state index is 9.41. The van der Waals surface area contributed by atoms with Crippen LogP contribution in [-0.2, 0) is 0 Å². The molecule has 2 N–H and O–H groups in total. The Morgan fingerprint density at radius 1 is 1.16 bits per heavy atom. The number of nitrogens with zero attached hydrogens (tertiary/aromatic N) is 1. The second kappa shape index (κ2) is 7.61. The molecule has 2 saturated carbocycles. The van der Waals surface area contributed by atoms with Gasteiger partial charge in [-0.05, 0) is 64.5 Å². The molecule has 0 aromatic heterocycles. The van der Waals surface area contributed by atoms with Gasteiger partial charge in [0, 0.05) is 18.1 Å². The smallest absolute Gasteiger partial charge is 0.0585 e. The molecule has 1 atom stereocenters. The maximum atomic E-state index is 9.41. The van der Waals surface area contributed by atoms with Gasteiger partial charge in [-0.3, -0.25) is 0 Å². The fraction of sp³-hybridized carbons (Fsp3) is 1.00. The van der Waals surface area contributed by atoms with Crippen molar-refractivity contribution in [2.45, 2.75) is 76.4 Å². The molecule has 112 valence electrons. The molecule has 3 heteroatoms. The number of hydrogen-bond acceptors (Lipinski definition) is 3. The number of aliphatic hydroxyl groups is 1. The number of hydrogen-bond donors (Lipinski definition) is 2. The van der Waals surface area contributed by atoms with Gasteiger partial charge in [-0.1, -0.05) is 13.3 Å². The second-order valence-electron chi connectivity index (χ2n) is 6.67. The van der Waals surface area contributed by atoms with Crippen LogP contribution in [0.1, 0.15) is 58.3 Å². The van der Waals surface area contributed by atoms with Crippen LogP contribution in [0.25, 0.3) is 0 Å². The summed E-state index contributed by atoms with van der Waals surface area (Å²) in [5.74, 6) is 0.978. The van der Waals surface area contributed by atoms with Crippen LogP contribution in [0, 0.1) is 5.92 Å². The topological polar surface area (TPSA) is 35.5 Å². The van der Waals surface area contributed by atoms with Gasteiger partial charge in [-0.25, -0.2) is 0 Å². The summed E-state index contributed by atoms with van der Waals surface area (Å²) < 4.78 is 0. The summed E-state index contributed by atoms with van der Waals surface area (Å²) in [5.41, 5.74) is 0. The van der Waals surface area contributed by atoms with Crippen molar-refractivity contribution in [1.82, 2.24) is 10.2 Å². The zero-order chi connectivity index (χ0) is 13.7. The number of aliphatic hydroxyl groups excluding tert-OH is 1. The van der Waals surface area contributed by atoms with E-state index in [2.05, 4.69) is 24.2 Å². The summed E-state index contributed by atoms with van der Waals surface area (Å²) in [4.78, 5) is 2.53. The average Bonchev–Trinajstić information content (AvgIpc) is 3.27. The Kier molecular flexibility index (Phi) is 6.11. The highest BCUT2D eigenvalue weighted by atomic mass is 16.3. The summed E-state index contributed by atoms with van der Waals surface area (Å²) in [6.45, 7) is 3.73. The molecule has 0 amide bonds. The largest absolute Gasteiger partial charge is 0.395 e. The summed E-state index contributed by atoms with van der Waals surface area (Å²) in [6.07, 6.45) is 10.6. The van der Waals surface area contributed by atoms with Gasteiger partial charge in [0.25, 0.3) is 0 Å².